The van der Waals surface area contributed by atoms with Crippen LogP contribution in [0.25, 0.3) is 89.5 Å². The van der Waals surface area contributed by atoms with Gasteiger partial charge in [0.2, 0.25) is 0 Å². The fourth-order valence-electron chi connectivity index (χ4n) is 6.58. The highest BCUT2D eigenvalue weighted by molar-refractivity contribution is 6.07. The van der Waals surface area contributed by atoms with Crippen molar-refractivity contribution in [2.24, 2.45) is 0 Å². The molecule has 230 valence electrons. The monoisotopic (exact) mass is 627 g/mol. The van der Waals surface area contributed by atoms with E-state index in [-0.39, 0.29) is 0 Å². The number of fused-ring (bicyclic) bond motifs is 3. The Morgan fingerprint density at radius 2 is 0.796 bits per heavy atom. The first-order chi connectivity index (χ1) is 24.3. The average Bonchev–Trinajstić information content (AvgIpc) is 3.56. The van der Waals surface area contributed by atoms with Gasteiger partial charge >= 0.3 is 0 Å². The maximum atomic E-state index is 6.23. The smallest absolute Gasteiger partial charge is 0.164 e. The molecule has 4 nitrogen and oxygen atoms in total. The van der Waals surface area contributed by atoms with Gasteiger partial charge in [0, 0.05) is 33.0 Å². The lowest BCUT2D eigenvalue weighted by molar-refractivity contribution is 0.669. The van der Waals surface area contributed by atoms with Crippen molar-refractivity contribution in [1.82, 2.24) is 15.0 Å². The van der Waals surface area contributed by atoms with E-state index >= 15 is 0 Å². The fourth-order valence-corrected chi connectivity index (χ4v) is 6.58. The predicted molar refractivity (Wildman–Crippen MR) is 200 cm³/mol. The third kappa shape index (κ3) is 5.35. The second-order valence-electron chi connectivity index (χ2n) is 12.0. The number of hydrogen-bond donors (Lipinski definition) is 0. The van der Waals surface area contributed by atoms with E-state index in [2.05, 4.69) is 97.1 Å². The SMILES string of the molecule is c1ccc(-c2cc(-c3ccc4oc5ccccc5c4c3)c(-c3ccccc3)c(-c3nc(-c4ccccc4)nc(-c4ccccc4)n3)c2)cc1. The molecule has 0 amide bonds. The lowest BCUT2D eigenvalue weighted by Gasteiger charge is -2.19. The van der Waals surface area contributed by atoms with Gasteiger partial charge in [-0.3, -0.25) is 0 Å². The summed E-state index contributed by atoms with van der Waals surface area (Å²) in [6.07, 6.45) is 0. The molecule has 0 saturated heterocycles. The minimum atomic E-state index is 0.612. The van der Waals surface area contributed by atoms with Gasteiger partial charge in [0.1, 0.15) is 11.2 Å². The summed E-state index contributed by atoms with van der Waals surface area (Å²) in [5.41, 5.74) is 11.0. The van der Waals surface area contributed by atoms with E-state index in [4.69, 9.17) is 19.4 Å². The number of nitrogens with zero attached hydrogens (tertiary/aromatic N) is 3. The largest absolute Gasteiger partial charge is 0.456 e. The van der Waals surface area contributed by atoms with Crippen molar-refractivity contribution in [3.8, 4) is 67.5 Å². The van der Waals surface area contributed by atoms with Crippen LogP contribution in [0, 0.1) is 0 Å². The number of benzene rings is 7. The molecule has 9 rings (SSSR count). The van der Waals surface area contributed by atoms with Gasteiger partial charge < -0.3 is 4.42 Å². The average molecular weight is 628 g/mol. The van der Waals surface area contributed by atoms with Crippen LogP contribution in [0.4, 0.5) is 0 Å². The molecule has 0 saturated carbocycles. The van der Waals surface area contributed by atoms with Gasteiger partial charge in [-0.1, -0.05) is 146 Å². The summed E-state index contributed by atoms with van der Waals surface area (Å²) >= 11 is 0. The molecule has 0 atom stereocenters. The van der Waals surface area contributed by atoms with Gasteiger partial charge in [-0.2, -0.15) is 0 Å². The van der Waals surface area contributed by atoms with Gasteiger partial charge in [-0.25, -0.2) is 15.0 Å². The summed E-state index contributed by atoms with van der Waals surface area (Å²) in [5.74, 6) is 1.86. The zero-order chi connectivity index (χ0) is 32.6. The third-order valence-electron chi connectivity index (χ3n) is 8.94. The van der Waals surface area contributed by atoms with E-state index in [0.717, 1.165) is 72.0 Å². The van der Waals surface area contributed by atoms with Gasteiger partial charge in [0.25, 0.3) is 0 Å². The summed E-state index contributed by atoms with van der Waals surface area (Å²) in [4.78, 5) is 15.4. The van der Waals surface area contributed by atoms with Crippen molar-refractivity contribution >= 4 is 21.9 Å². The maximum absolute atomic E-state index is 6.23. The topological polar surface area (TPSA) is 51.8 Å². The normalized spacial score (nSPS) is 11.3. The number of rotatable bonds is 6. The Morgan fingerprint density at radius 3 is 1.43 bits per heavy atom. The van der Waals surface area contributed by atoms with Crippen molar-refractivity contribution in [3.05, 3.63) is 176 Å². The summed E-state index contributed by atoms with van der Waals surface area (Å²) in [7, 11) is 0. The highest BCUT2D eigenvalue weighted by Crippen LogP contribution is 2.44. The second kappa shape index (κ2) is 12.2. The van der Waals surface area contributed by atoms with E-state index in [1.54, 1.807) is 0 Å². The number of furan rings is 1. The number of aromatic nitrogens is 3. The Kier molecular flexibility index (Phi) is 7.10. The first-order valence-corrected chi connectivity index (χ1v) is 16.4. The van der Waals surface area contributed by atoms with Crippen LogP contribution >= 0.6 is 0 Å². The first kappa shape index (κ1) is 28.6. The third-order valence-corrected chi connectivity index (χ3v) is 8.94. The standard InChI is InChI=1S/C45H29N3O/c1-5-15-30(16-6-1)35-28-37(34-25-26-41-38(27-34)36-23-13-14-24-40(36)49-41)42(31-17-7-2-8-18-31)39(29-35)45-47-43(32-19-9-3-10-20-32)46-44(48-45)33-21-11-4-12-22-33/h1-29H. The molecule has 0 fully saturated rings. The van der Waals surface area contributed by atoms with Gasteiger partial charge in [-0.05, 0) is 58.1 Å². The Balaban J connectivity index is 1.38. The Bertz CT molecular complexity index is 2520. The molecule has 7 aromatic carbocycles. The van der Waals surface area contributed by atoms with E-state index in [0.29, 0.717) is 17.5 Å². The van der Waals surface area contributed by atoms with E-state index in [1.807, 2.05) is 78.9 Å². The van der Waals surface area contributed by atoms with Gasteiger partial charge in [0.15, 0.2) is 17.5 Å². The van der Waals surface area contributed by atoms with Crippen LogP contribution in [0.15, 0.2) is 180 Å². The number of para-hydroxylation sites is 1. The second-order valence-corrected chi connectivity index (χ2v) is 12.0. The minimum Gasteiger partial charge on any atom is -0.456 e. The molecule has 0 spiro atoms. The van der Waals surface area contributed by atoms with Crippen LogP contribution in [-0.4, -0.2) is 15.0 Å². The minimum absolute atomic E-state index is 0.612. The van der Waals surface area contributed by atoms with E-state index in [1.165, 1.54) is 0 Å². The number of hydrogen-bond acceptors (Lipinski definition) is 4. The molecule has 0 unspecified atom stereocenters. The maximum Gasteiger partial charge on any atom is 0.164 e. The van der Waals surface area contributed by atoms with Crippen LogP contribution in [0.3, 0.4) is 0 Å². The van der Waals surface area contributed by atoms with Crippen molar-refractivity contribution in [3.63, 3.8) is 0 Å². The lowest BCUT2D eigenvalue weighted by Crippen LogP contribution is -2.02. The molecule has 4 heteroatoms. The molecule has 0 bridgehead atoms. The zero-order valence-corrected chi connectivity index (χ0v) is 26.5. The van der Waals surface area contributed by atoms with Gasteiger partial charge in [-0.15, -0.1) is 0 Å². The summed E-state index contributed by atoms with van der Waals surface area (Å²) < 4.78 is 6.23. The molecule has 0 aliphatic carbocycles. The lowest BCUT2D eigenvalue weighted by atomic mass is 9.86. The molecule has 0 aliphatic rings. The molecule has 0 aliphatic heterocycles. The molecule has 49 heavy (non-hydrogen) atoms. The summed E-state index contributed by atoms with van der Waals surface area (Å²) in [5, 5.41) is 2.18. The quantitative estimate of drug-likeness (QED) is 0.184. The Morgan fingerprint density at radius 1 is 0.306 bits per heavy atom. The van der Waals surface area contributed by atoms with E-state index < -0.39 is 0 Å². The van der Waals surface area contributed by atoms with E-state index in [9.17, 15) is 0 Å². The van der Waals surface area contributed by atoms with Crippen LogP contribution < -0.4 is 0 Å². The van der Waals surface area contributed by atoms with Crippen molar-refractivity contribution < 1.29 is 4.42 Å². The molecule has 2 heterocycles. The van der Waals surface area contributed by atoms with Crippen LogP contribution in [0.5, 0.6) is 0 Å². The zero-order valence-electron chi connectivity index (χ0n) is 26.5. The molecule has 0 radical (unpaired) electrons. The predicted octanol–water partition coefficient (Wildman–Crippen LogP) is 11.8. The van der Waals surface area contributed by atoms with Crippen LogP contribution in [-0.2, 0) is 0 Å². The molecule has 0 N–H and O–H groups in total. The highest BCUT2D eigenvalue weighted by Gasteiger charge is 2.21. The Labute approximate surface area is 284 Å². The molecule has 9 aromatic rings. The van der Waals surface area contributed by atoms with Crippen LogP contribution in [0.1, 0.15) is 0 Å². The highest BCUT2D eigenvalue weighted by atomic mass is 16.3. The first-order valence-electron chi connectivity index (χ1n) is 16.4. The molecular weight excluding hydrogens is 599 g/mol. The van der Waals surface area contributed by atoms with Crippen molar-refractivity contribution in [2.45, 2.75) is 0 Å². The van der Waals surface area contributed by atoms with Gasteiger partial charge in [0.05, 0.1) is 0 Å². The Hall–Kier alpha value is -6.65. The molecule has 2 aromatic heterocycles. The molecular formula is C45H29N3O. The summed E-state index contributed by atoms with van der Waals surface area (Å²) in [6.45, 7) is 0. The fraction of sp³-hybridized carbons (Fsp3) is 0. The summed E-state index contributed by atoms with van der Waals surface area (Å²) in [6, 6.07) is 60.5. The van der Waals surface area contributed by atoms with Crippen LogP contribution in [0.2, 0.25) is 0 Å². The van der Waals surface area contributed by atoms with Crippen molar-refractivity contribution in [2.75, 3.05) is 0 Å². The van der Waals surface area contributed by atoms with Crippen molar-refractivity contribution in [1.29, 1.82) is 0 Å².